The second-order valence-corrected chi connectivity index (χ2v) is 7.65. The highest BCUT2D eigenvalue weighted by Gasteiger charge is 2.30. The first kappa shape index (κ1) is 22.7. The Morgan fingerprint density at radius 2 is 1.79 bits per heavy atom. The van der Waals surface area contributed by atoms with Crippen LogP contribution in [0.1, 0.15) is 35.3 Å². The molecule has 1 aromatic heterocycles. The Morgan fingerprint density at radius 1 is 1.14 bits per heavy atom. The van der Waals surface area contributed by atoms with E-state index in [1.54, 1.807) is 36.2 Å². The Kier molecular flexibility index (Phi) is 7.66. The van der Waals surface area contributed by atoms with Crippen molar-refractivity contribution in [3.8, 4) is 0 Å². The van der Waals surface area contributed by atoms with E-state index < -0.39 is 11.7 Å². The molecule has 0 saturated carbocycles. The van der Waals surface area contributed by atoms with Gasteiger partial charge < -0.3 is 10.2 Å². The zero-order valence-electron chi connectivity index (χ0n) is 16.3. The van der Waals surface area contributed by atoms with E-state index in [4.69, 9.17) is 0 Å². The predicted molar refractivity (Wildman–Crippen MR) is 105 cm³/mol. The molecule has 0 fully saturated rings. The van der Waals surface area contributed by atoms with Gasteiger partial charge in [-0.2, -0.15) is 13.2 Å². The minimum absolute atomic E-state index is 0.0358. The molecular weight excluding hydrogens is 403 g/mol. The summed E-state index contributed by atoms with van der Waals surface area (Å²) < 4.78 is 37.5. The van der Waals surface area contributed by atoms with Gasteiger partial charge in [-0.05, 0) is 43.7 Å². The first-order valence-electron chi connectivity index (χ1n) is 8.86. The molecule has 0 radical (unpaired) electrons. The van der Waals surface area contributed by atoms with Crippen LogP contribution in [0.5, 0.6) is 0 Å². The Hall–Kier alpha value is -2.55. The summed E-state index contributed by atoms with van der Waals surface area (Å²) in [7, 11) is 1.74. The highest BCUT2D eigenvalue weighted by atomic mass is 32.2. The number of nitrogens with one attached hydrogen (secondary N) is 1. The number of benzene rings is 1. The normalized spacial score (nSPS) is 11.4. The van der Waals surface area contributed by atoms with Gasteiger partial charge in [0.15, 0.2) is 0 Å². The van der Waals surface area contributed by atoms with Crippen LogP contribution < -0.4 is 5.32 Å². The maximum Gasteiger partial charge on any atom is 0.417 e. The molecular formula is C20H22F3N3O2S. The number of thioether (sulfide) groups is 1. The van der Waals surface area contributed by atoms with E-state index in [2.05, 4.69) is 10.3 Å². The molecule has 1 aromatic carbocycles. The number of carbonyl (C=O) groups excluding carboxylic acids is 2. The summed E-state index contributed by atoms with van der Waals surface area (Å²) in [6, 6.07) is 9.24. The van der Waals surface area contributed by atoms with Crippen molar-refractivity contribution in [3.63, 3.8) is 0 Å². The van der Waals surface area contributed by atoms with Gasteiger partial charge in [-0.15, -0.1) is 0 Å². The van der Waals surface area contributed by atoms with E-state index in [9.17, 15) is 22.8 Å². The van der Waals surface area contributed by atoms with Gasteiger partial charge in [0.25, 0.3) is 5.91 Å². The summed E-state index contributed by atoms with van der Waals surface area (Å²) in [5, 5.41) is 3.07. The topological polar surface area (TPSA) is 62.3 Å². The fourth-order valence-corrected chi connectivity index (χ4v) is 2.90. The van der Waals surface area contributed by atoms with Crippen molar-refractivity contribution < 1.29 is 22.8 Å². The third-order valence-electron chi connectivity index (χ3n) is 4.20. The third kappa shape index (κ3) is 6.77. The standard InChI is InChI=1S/C20H22F3N3O2S/c1-13(2)26(3)19(28)15-6-4-14(5-7-15)10-24-17(27)12-29-18-9-8-16(11-25-18)20(21,22)23/h4-9,11,13H,10,12H2,1-3H3,(H,24,27). The molecule has 0 bridgehead atoms. The monoisotopic (exact) mass is 425 g/mol. The van der Waals surface area contributed by atoms with Gasteiger partial charge in [0.1, 0.15) is 0 Å². The molecule has 0 aliphatic carbocycles. The van der Waals surface area contributed by atoms with E-state index >= 15 is 0 Å². The fourth-order valence-electron chi connectivity index (χ4n) is 2.23. The van der Waals surface area contributed by atoms with Crippen LogP contribution >= 0.6 is 11.8 Å². The third-order valence-corrected chi connectivity index (χ3v) is 5.14. The quantitative estimate of drug-likeness (QED) is 0.682. The zero-order chi connectivity index (χ0) is 21.6. The van der Waals surface area contributed by atoms with E-state index in [1.807, 2.05) is 13.8 Å². The van der Waals surface area contributed by atoms with Crippen molar-refractivity contribution in [2.24, 2.45) is 0 Å². The summed E-state index contributed by atoms with van der Waals surface area (Å²) in [4.78, 5) is 29.6. The molecule has 0 spiro atoms. The second-order valence-electron chi connectivity index (χ2n) is 6.66. The molecule has 1 heterocycles. The molecule has 5 nitrogen and oxygen atoms in total. The number of amides is 2. The molecule has 0 unspecified atom stereocenters. The Balaban J connectivity index is 1.81. The molecule has 2 amide bonds. The number of carbonyl (C=O) groups is 2. The number of hydrogen-bond acceptors (Lipinski definition) is 4. The number of hydrogen-bond donors (Lipinski definition) is 1. The van der Waals surface area contributed by atoms with E-state index in [1.165, 1.54) is 6.07 Å². The van der Waals surface area contributed by atoms with Crippen molar-refractivity contribution in [1.29, 1.82) is 0 Å². The van der Waals surface area contributed by atoms with E-state index in [0.717, 1.165) is 29.6 Å². The Labute approximate surface area is 171 Å². The van der Waals surface area contributed by atoms with Crippen LogP contribution in [0.25, 0.3) is 0 Å². The van der Waals surface area contributed by atoms with Crippen LogP contribution in [0.3, 0.4) is 0 Å². The van der Waals surface area contributed by atoms with Crippen molar-refractivity contribution in [2.45, 2.75) is 37.6 Å². The molecule has 0 saturated heterocycles. The van der Waals surface area contributed by atoms with Crippen LogP contribution in [0.2, 0.25) is 0 Å². The van der Waals surface area contributed by atoms with E-state index in [0.29, 0.717) is 10.6 Å². The minimum atomic E-state index is -4.43. The zero-order valence-corrected chi connectivity index (χ0v) is 17.1. The van der Waals surface area contributed by atoms with Crippen LogP contribution in [0.15, 0.2) is 47.6 Å². The summed E-state index contributed by atoms with van der Waals surface area (Å²) in [6.07, 6.45) is -3.68. The maximum atomic E-state index is 12.5. The van der Waals surface area contributed by atoms with Crippen LogP contribution in [-0.2, 0) is 17.5 Å². The van der Waals surface area contributed by atoms with Gasteiger partial charge in [-0.3, -0.25) is 9.59 Å². The number of aromatic nitrogens is 1. The molecule has 2 aromatic rings. The molecule has 1 N–H and O–H groups in total. The fraction of sp³-hybridized carbons (Fsp3) is 0.350. The van der Waals surface area contributed by atoms with Gasteiger partial charge >= 0.3 is 6.18 Å². The largest absolute Gasteiger partial charge is 0.417 e. The predicted octanol–water partition coefficient (Wildman–Crippen LogP) is 3.99. The molecule has 0 aliphatic rings. The first-order chi connectivity index (χ1) is 13.6. The average molecular weight is 425 g/mol. The smallest absolute Gasteiger partial charge is 0.351 e. The van der Waals surface area contributed by atoms with Crippen LogP contribution in [-0.4, -0.2) is 40.5 Å². The van der Waals surface area contributed by atoms with Gasteiger partial charge in [-0.25, -0.2) is 4.98 Å². The van der Waals surface area contributed by atoms with Crippen molar-refractivity contribution in [1.82, 2.24) is 15.2 Å². The molecule has 2 rings (SSSR count). The Morgan fingerprint density at radius 3 is 2.31 bits per heavy atom. The maximum absolute atomic E-state index is 12.5. The van der Waals surface area contributed by atoms with Crippen LogP contribution in [0.4, 0.5) is 13.2 Å². The highest BCUT2D eigenvalue weighted by Crippen LogP contribution is 2.29. The van der Waals surface area contributed by atoms with Crippen molar-refractivity contribution in [3.05, 3.63) is 59.3 Å². The summed E-state index contributed by atoms with van der Waals surface area (Å²) in [5.41, 5.74) is 0.577. The lowest BCUT2D eigenvalue weighted by Crippen LogP contribution is -2.32. The molecule has 0 atom stereocenters. The lowest BCUT2D eigenvalue weighted by Gasteiger charge is -2.21. The second kappa shape index (κ2) is 9.78. The van der Waals surface area contributed by atoms with Crippen molar-refractivity contribution in [2.75, 3.05) is 12.8 Å². The molecule has 156 valence electrons. The summed E-state index contributed by atoms with van der Waals surface area (Å²) in [6.45, 7) is 4.15. The lowest BCUT2D eigenvalue weighted by molar-refractivity contribution is -0.137. The molecule has 29 heavy (non-hydrogen) atoms. The first-order valence-corrected chi connectivity index (χ1v) is 9.85. The molecule has 9 heteroatoms. The van der Waals surface area contributed by atoms with Gasteiger partial charge in [0, 0.05) is 31.4 Å². The molecule has 0 aliphatic heterocycles. The Bertz CT molecular complexity index is 838. The average Bonchev–Trinajstić information content (AvgIpc) is 2.69. The number of rotatable bonds is 7. The number of halogens is 3. The van der Waals surface area contributed by atoms with Gasteiger partial charge in [0.05, 0.1) is 16.3 Å². The lowest BCUT2D eigenvalue weighted by atomic mass is 10.1. The number of alkyl halides is 3. The number of pyridine rings is 1. The summed E-state index contributed by atoms with van der Waals surface area (Å²) in [5.74, 6) is -0.305. The number of nitrogens with zero attached hydrogens (tertiary/aromatic N) is 2. The van der Waals surface area contributed by atoms with Crippen molar-refractivity contribution >= 4 is 23.6 Å². The van der Waals surface area contributed by atoms with E-state index in [-0.39, 0.29) is 30.2 Å². The van der Waals surface area contributed by atoms with Crippen LogP contribution in [0, 0.1) is 0 Å². The minimum Gasteiger partial charge on any atom is -0.351 e. The SMILES string of the molecule is CC(C)N(C)C(=O)c1ccc(CNC(=O)CSc2ccc(C(F)(F)F)cn2)cc1. The van der Waals surface area contributed by atoms with Gasteiger partial charge in [-0.1, -0.05) is 23.9 Å². The van der Waals surface area contributed by atoms with Gasteiger partial charge in [0.2, 0.25) is 5.91 Å². The summed E-state index contributed by atoms with van der Waals surface area (Å²) >= 11 is 1.05. The highest BCUT2D eigenvalue weighted by molar-refractivity contribution is 7.99.